The van der Waals surface area contributed by atoms with Gasteiger partial charge in [0, 0.05) is 10.9 Å². The van der Waals surface area contributed by atoms with Crippen LogP contribution in [0.4, 0.5) is 0 Å². The van der Waals surface area contributed by atoms with E-state index < -0.39 is 0 Å². The quantitative estimate of drug-likeness (QED) is 0.504. The molecule has 132 valence electrons. The molecule has 0 fully saturated rings. The van der Waals surface area contributed by atoms with Gasteiger partial charge in [-0.15, -0.1) is 0 Å². The number of benzene rings is 1. The number of aryl methyl sites for hydroxylation is 2. The van der Waals surface area contributed by atoms with Crippen LogP contribution in [0.15, 0.2) is 68.2 Å². The van der Waals surface area contributed by atoms with Crippen molar-refractivity contribution in [1.29, 1.82) is 0 Å². The molecule has 0 aliphatic rings. The van der Waals surface area contributed by atoms with Crippen LogP contribution in [-0.4, -0.2) is 10.8 Å². The summed E-state index contributed by atoms with van der Waals surface area (Å²) in [4.78, 5) is 14.9. The highest BCUT2D eigenvalue weighted by Crippen LogP contribution is 2.28. The SMILES string of the molecule is Cc1ccc2oc(C(=O)N(Cc3ccco3)Cc3ccco3)c(C)c2c1. The summed E-state index contributed by atoms with van der Waals surface area (Å²) in [6, 6.07) is 13.2. The van der Waals surface area contributed by atoms with Crippen molar-refractivity contribution in [3.05, 3.63) is 83.4 Å². The van der Waals surface area contributed by atoms with E-state index >= 15 is 0 Å². The Hall–Kier alpha value is -3.21. The van der Waals surface area contributed by atoms with Crippen LogP contribution in [0, 0.1) is 13.8 Å². The molecule has 1 amide bonds. The molecule has 0 unspecified atom stereocenters. The minimum atomic E-state index is -0.191. The van der Waals surface area contributed by atoms with Gasteiger partial charge in [-0.1, -0.05) is 11.6 Å². The van der Waals surface area contributed by atoms with E-state index in [2.05, 4.69) is 0 Å². The van der Waals surface area contributed by atoms with Crippen molar-refractivity contribution < 1.29 is 18.0 Å². The van der Waals surface area contributed by atoms with Gasteiger partial charge in [-0.2, -0.15) is 0 Å². The molecule has 0 atom stereocenters. The summed E-state index contributed by atoms with van der Waals surface area (Å²) in [5, 5.41) is 0.962. The molecule has 0 spiro atoms. The predicted octanol–water partition coefficient (Wildman–Crippen LogP) is 5.08. The van der Waals surface area contributed by atoms with E-state index in [1.807, 2.05) is 44.2 Å². The van der Waals surface area contributed by atoms with Crippen LogP contribution in [0.5, 0.6) is 0 Å². The van der Waals surface area contributed by atoms with Crippen molar-refractivity contribution in [3.63, 3.8) is 0 Å². The van der Waals surface area contributed by atoms with Crippen LogP contribution >= 0.6 is 0 Å². The lowest BCUT2D eigenvalue weighted by atomic mass is 10.1. The van der Waals surface area contributed by atoms with Crippen molar-refractivity contribution in [3.8, 4) is 0 Å². The minimum Gasteiger partial charge on any atom is -0.467 e. The number of nitrogens with zero attached hydrogens (tertiary/aromatic N) is 1. The van der Waals surface area contributed by atoms with E-state index in [4.69, 9.17) is 13.3 Å². The second-order valence-corrected chi connectivity index (χ2v) is 6.38. The molecule has 4 aromatic rings. The molecule has 5 nitrogen and oxygen atoms in total. The molecule has 4 rings (SSSR count). The number of hydrogen-bond donors (Lipinski definition) is 0. The monoisotopic (exact) mass is 349 g/mol. The standard InChI is InChI=1S/C21H19NO4/c1-14-7-8-19-18(11-14)15(2)20(26-19)21(23)22(12-16-5-3-9-24-16)13-17-6-4-10-25-17/h3-11H,12-13H2,1-2H3. The molecule has 0 N–H and O–H groups in total. The summed E-state index contributed by atoms with van der Waals surface area (Å²) in [5.74, 6) is 1.57. The Kier molecular flexibility index (Phi) is 4.13. The first-order valence-corrected chi connectivity index (χ1v) is 8.45. The summed E-state index contributed by atoms with van der Waals surface area (Å²) in [5.41, 5.74) is 2.69. The molecule has 0 radical (unpaired) electrons. The second-order valence-electron chi connectivity index (χ2n) is 6.38. The lowest BCUT2D eigenvalue weighted by Gasteiger charge is -2.19. The first-order chi connectivity index (χ1) is 12.6. The van der Waals surface area contributed by atoms with Crippen LogP contribution in [0.2, 0.25) is 0 Å². The van der Waals surface area contributed by atoms with Gasteiger partial charge in [0.15, 0.2) is 5.76 Å². The number of rotatable bonds is 5. The highest BCUT2D eigenvalue weighted by Gasteiger charge is 2.25. The highest BCUT2D eigenvalue weighted by atomic mass is 16.4. The van der Waals surface area contributed by atoms with Gasteiger partial charge < -0.3 is 18.2 Å². The Morgan fingerprint density at radius 3 is 2.19 bits per heavy atom. The van der Waals surface area contributed by atoms with Gasteiger partial charge in [-0.25, -0.2) is 0 Å². The van der Waals surface area contributed by atoms with Gasteiger partial charge >= 0.3 is 0 Å². The zero-order valence-electron chi connectivity index (χ0n) is 14.7. The fourth-order valence-corrected chi connectivity index (χ4v) is 3.06. The van der Waals surface area contributed by atoms with Crippen molar-refractivity contribution in [2.75, 3.05) is 0 Å². The Morgan fingerprint density at radius 2 is 1.62 bits per heavy atom. The lowest BCUT2D eigenvalue weighted by Crippen LogP contribution is -2.30. The molecular formula is C21H19NO4. The van der Waals surface area contributed by atoms with E-state index in [1.54, 1.807) is 29.6 Å². The molecule has 3 heterocycles. The van der Waals surface area contributed by atoms with Gasteiger partial charge in [0.05, 0.1) is 25.6 Å². The molecule has 26 heavy (non-hydrogen) atoms. The van der Waals surface area contributed by atoms with E-state index in [9.17, 15) is 4.79 Å². The maximum Gasteiger partial charge on any atom is 0.290 e. The molecule has 0 aliphatic heterocycles. The Bertz CT molecular complexity index is 990. The molecule has 0 aliphatic carbocycles. The van der Waals surface area contributed by atoms with Gasteiger partial charge in [0.25, 0.3) is 5.91 Å². The third kappa shape index (κ3) is 3.04. The van der Waals surface area contributed by atoms with Crippen LogP contribution in [0.1, 0.15) is 33.2 Å². The molecule has 3 aromatic heterocycles. The fourth-order valence-electron chi connectivity index (χ4n) is 3.06. The molecular weight excluding hydrogens is 330 g/mol. The average Bonchev–Trinajstić information content (AvgIpc) is 3.37. The number of fused-ring (bicyclic) bond motifs is 1. The number of hydrogen-bond acceptors (Lipinski definition) is 4. The van der Waals surface area contributed by atoms with Gasteiger partial charge in [-0.05, 0) is 50.2 Å². The minimum absolute atomic E-state index is 0.191. The third-order valence-corrected chi connectivity index (χ3v) is 4.43. The molecule has 0 saturated heterocycles. The topological polar surface area (TPSA) is 59.7 Å². The largest absolute Gasteiger partial charge is 0.467 e. The number of furan rings is 3. The Balaban J connectivity index is 1.70. The first-order valence-electron chi connectivity index (χ1n) is 8.45. The lowest BCUT2D eigenvalue weighted by molar-refractivity contribution is 0.0674. The molecule has 0 saturated carbocycles. The van der Waals surface area contributed by atoms with Crippen LogP contribution in [-0.2, 0) is 13.1 Å². The van der Waals surface area contributed by atoms with E-state index in [-0.39, 0.29) is 5.91 Å². The maximum absolute atomic E-state index is 13.2. The average molecular weight is 349 g/mol. The summed E-state index contributed by atoms with van der Waals surface area (Å²) in [6.07, 6.45) is 3.19. The van der Waals surface area contributed by atoms with Crippen LogP contribution < -0.4 is 0 Å². The molecule has 5 heteroatoms. The van der Waals surface area contributed by atoms with E-state index in [0.717, 1.165) is 16.5 Å². The van der Waals surface area contributed by atoms with Gasteiger partial charge in [-0.3, -0.25) is 4.79 Å². The Labute approximate surface area is 150 Å². The maximum atomic E-state index is 13.2. The third-order valence-electron chi connectivity index (χ3n) is 4.43. The summed E-state index contributed by atoms with van der Waals surface area (Å²) >= 11 is 0. The number of carbonyl (C=O) groups is 1. The van der Waals surface area contributed by atoms with Gasteiger partial charge in [0.1, 0.15) is 17.1 Å². The molecule has 1 aromatic carbocycles. The van der Waals surface area contributed by atoms with Crippen molar-refractivity contribution >= 4 is 16.9 Å². The molecule has 0 bridgehead atoms. The first kappa shape index (κ1) is 16.3. The summed E-state index contributed by atoms with van der Waals surface area (Å²) in [7, 11) is 0. The van der Waals surface area contributed by atoms with Crippen molar-refractivity contribution in [2.45, 2.75) is 26.9 Å². The highest BCUT2D eigenvalue weighted by molar-refractivity contribution is 5.99. The zero-order chi connectivity index (χ0) is 18.1. The van der Waals surface area contributed by atoms with Gasteiger partial charge in [0.2, 0.25) is 0 Å². The van der Waals surface area contributed by atoms with Crippen LogP contribution in [0.3, 0.4) is 0 Å². The Morgan fingerprint density at radius 1 is 0.962 bits per heavy atom. The smallest absolute Gasteiger partial charge is 0.290 e. The predicted molar refractivity (Wildman–Crippen MR) is 96.7 cm³/mol. The number of carbonyl (C=O) groups excluding carboxylic acids is 1. The van der Waals surface area contributed by atoms with Crippen LogP contribution in [0.25, 0.3) is 11.0 Å². The summed E-state index contributed by atoms with van der Waals surface area (Å²) < 4.78 is 16.7. The van der Waals surface area contributed by atoms with E-state index in [1.165, 1.54) is 0 Å². The second kappa shape index (κ2) is 6.59. The zero-order valence-corrected chi connectivity index (χ0v) is 14.7. The normalized spacial score (nSPS) is 11.2. The summed E-state index contributed by atoms with van der Waals surface area (Å²) in [6.45, 7) is 4.61. The van der Waals surface area contributed by atoms with Crippen molar-refractivity contribution in [1.82, 2.24) is 4.90 Å². The van der Waals surface area contributed by atoms with Crippen molar-refractivity contribution in [2.24, 2.45) is 0 Å². The van der Waals surface area contributed by atoms with E-state index in [0.29, 0.717) is 36.0 Å². The number of amides is 1. The fraction of sp³-hybridized carbons (Fsp3) is 0.190.